The number of nitrogens with one attached hydrogen (secondary N) is 1. The van der Waals surface area contributed by atoms with Gasteiger partial charge in [0.15, 0.2) is 11.2 Å². The predicted octanol–water partition coefficient (Wildman–Crippen LogP) is 2.38. The molecule has 0 saturated carbocycles. The standard InChI is InChI=1S/C21H24F3N5O4/c1-4-9-28-17-16(27(10-11-33-3)19(26-17)21(22,23)24)18(31)29(20(28)32)12-15(30)25-14-7-5-13(2)6-8-14/h5-8H,4,9-12H2,1-3H3,(H,25,30). The zero-order valence-electron chi connectivity index (χ0n) is 18.4. The highest BCUT2D eigenvalue weighted by Crippen LogP contribution is 2.30. The number of halogens is 3. The number of hydrogen-bond acceptors (Lipinski definition) is 5. The first-order valence-electron chi connectivity index (χ1n) is 10.2. The van der Waals surface area contributed by atoms with Gasteiger partial charge in [-0.25, -0.2) is 14.3 Å². The summed E-state index contributed by atoms with van der Waals surface area (Å²) in [7, 11) is 1.31. The number of anilines is 1. The minimum atomic E-state index is -4.86. The first kappa shape index (κ1) is 24.2. The van der Waals surface area contributed by atoms with Gasteiger partial charge in [0.05, 0.1) is 6.61 Å². The number of imidazole rings is 1. The van der Waals surface area contributed by atoms with Crippen molar-refractivity contribution in [2.45, 2.75) is 46.1 Å². The van der Waals surface area contributed by atoms with Crippen LogP contribution in [0.3, 0.4) is 0 Å². The van der Waals surface area contributed by atoms with Gasteiger partial charge in [-0.1, -0.05) is 24.6 Å². The lowest BCUT2D eigenvalue weighted by Gasteiger charge is -2.13. The molecule has 0 saturated heterocycles. The minimum absolute atomic E-state index is 0.0216. The van der Waals surface area contributed by atoms with E-state index in [0.29, 0.717) is 21.2 Å². The van der Waals surface area contributed by atoms with E-state index in [1.807, 2.05) is 6.92 Å². The summed E-state index contributed by atoms with van der Waals surface area (Å²) in [6.07, 6.45) is -4.46. The van der Waals surface area contributed by atoms with Crippen molar-refractivity contribution in [2.75, 3.05) is 19.0 Å². The van der Waals surface area contributed by atoms with E-state index in [1.54, 1.807) is 31.2 Å². The van der Waals surface area contributed by atoms with E-state index in [0.717, 1.165) is 10.1 Å². The van der Waals surface area contributed by atoms with E-state index >= 15 is 0 Å². The number of aryl methyl sites for hydroxylation is 2. The zero-order chi connectivity index (χ0) is 24.3. The normalized spacial score (nSPS) is 11.8. The van der Waals surface area contributed by atoms with Gasteiger partial charge in [-0.2, -0.15) is 13.2 Å². The number of carbonyl (C=O) groups excluding carboxylic acids is 1. The number of nitrogens with zero attached hydrogens (tertiary/aromatic N) is 4. The quantitative estimate of drug-likeness (QED) is 0.548. The highest BCUT2D eigenvalue weighted by molar-refractivity contribution is 5.90. The molecular formula is C21H24F3N5O4. The van der Waals surface area contributed by atoms with Crippen molar-refractivity contribution in [1.29, 1.82) is 0 Å². The van der Waals surface area contributed by atoms with Crippen molar-refractivity contribution in [3.8, 4) is 0 Å². The molecule has 0 unspecified atom stereocenters. The van der Waals surface area contributed by atoms with Gasteiger partial charge in [0.2, 0.25) is 11.7 Å². The van der Waals surface area contributed by atoms with Crippen LogP contribution in [0.25, 0.3) is 11.2 Å². The average Bonchev–Trinajstić information content (AvgIpc) is 3.14. The van der Waals surface area contributed by atoms with Gasteiger partial charge in [0.1, 0.15) is 6.54 Å². The Morgan fingerprint density at radius 1 is 1.09 bits per heavy atom. The van der Waals surface area contributed by atoms with Gasteiger partial charge in [0, 0.05) is 25.9 Å². The minimum Gasteiger partial charge on any atom is -0.383 e. The molecule has 9 nitrogen and oxygen atoms in total. The summed E-state index contributed by atoms with van der Waals surface area (Å²) in [5, 5.41) is 2.58. The number of amides is 1. The summed E-state index contributed by atoms with van der Waals surface area (Å²) in [5.41, 5.74) is -1.28. The van der Waals surface area contributed by atoms with Crippen LogP contribution in [0.5, 0.6) is 0 Å². The molecule has 0 aliphatic carbocycles. The molecule has 178 valence electrons. The molecule has 2 heterocycles. The second-order valence-electron chi connectivity index (χ2n) is 7.49. The van der Waals surface area contributed by atoms with Gasteiger partial charge >= 0.3 is 11.9 Å². The maximum atomic E-state index is 13.7. The number of benzene rings is 1. The maximum Gasteiger partial charge on any atom is 0.449 e. The van der Waals surface area contributed by atoms with Crippen molar-refractivity contribution >= 4 is 22.8 Å². The van der Waals surface area contributed by atoms with Crippen LogP contribution in [0.2, 0.25) is 0 Å². The molecular weight excluding hydrogens is 443 g/mol. The number of carbonyl (C=O) groups is 1. The lowest BCUT2D eigenvalue weighted by atomic mass is 10.2. The Balaban J connectivity index is 2.16. The fraction of sp³-hybridized carbons (Fsp3) is 0.429. The molecule has 0 aliphatic heterocycles. The lowest BCUT2D eigenvalue weighted by Crippen LogP contribution is -2.43. The number of fused-ring (bicyclic) bond motifs is 1. The molecule has 0 radical (unpaired) electrons. The van der Waals surface area contributed by atoms with Crippen molar-refractivity contribution < 1.29 is 22.7 Å². The number of ether oxygens (including phenoxy) is 1. The number of methoxy groups -OCH3 is 1. The summed E-state index contributed by atoms with van der Waals surface area (Å²) >= 11 is 0. The molecule has 1 N–H and O–H groups in total. The van der Waals surface area contributed by atoms with Gasteiger partial charge in [-0.05, 0) is 25.5 Å². The van der Waals surface area contributed by atoms with Gasteiger partial charge in [0.25, 0.3) is 5.56 Å². The fourth-order valence-corrected chi connectivity index (χ4v) is 3.45. The van der Waals surface area contributed by atoms with E-state index in [9.17, 15) is 27.6 Å². The molecule has 0 bridgehead atoms. The Morgan fingerprint density at radius 2 is 1.76 bits per heavy atom. The van der Waals surface area contributed by atoms with Gasteiger partial charge in [-0.3, -0.25) is 14.2 Å². The third kappa shape index (κ3) is 5.00. The molecule has 3 aromatic rings. The predicted molar refractivity (Wildman–Crippen MR) is 115 cm³/mol. The lowest BCUT2D eigenvalue weighted by molar-refractivity contribution is -0.147. The molecule has 3 rings (SSSR count). The van der Waals surface area contributed by atoms with E-state index < -0.39 is 41.2 Å². The Hall–Kier alpha value is -3.41. The van der Waals surface area contributed by atoms with Crippen LogP contribution in [0.1, 0.15) is 24.7 Å². The summed E-state index contributed by atoms with van der Waals surface area (Å²) in [4.78, 5) is 42.3. The third-order valence-corrected chi connectivity index (χ3v) is 4.97. The molecule has 0 spiro atoms. The molecule has 2 aromatic heterocycles. The molecule has 1 amide bonds. The maximum absolute atomic E-state index is 13.7. The monoisotopic (exact) mass is 467 g/mol. The van der Waals surface area contributed by atoms with Gasteiger partial charge in [-0.15, -0.1) is 0 Å². The highest BCUT2D eigenvalue weighted by atomic mass is 19.4. The van der Waals surface area contributed by atoms with Crippen molar-refractivity contribution in [1.82, 2.24) is 18.7 Å². The molecule has 0 aliphatic rings. The number of hydrogen-bond donors (Lipinski definition) is 1. The van der Waals surface area contributed by atoms with Crippen LogP contribution >= 0.6 is 0 Å². The largest absolute Gasteiger partial charge is 0.449 e. The SMILES string of the molecule is CCCn1c(=O)n(CC(=O)Nc2ccc(C)cc2)c(=O)c2c1nc(C(F)(F)F)n2CCOC. The smallest absolute Gasteiger partial charge is 0.383 e. The van der Waals surface area contributed by atoms with E-state index in [4.69, 9.17) is 4.74 Å². The van der Waals surface area contributed by atoms with Gasteiger partial charge < -0.3 is 14.6 Å². The van der Waals surface area contributed by atoms with Crippen molar-refractivity contribution in [3.63, 3.8) is 0 Å². The summed E-state index contributed by atoms with van der Waals surface area (Å²) in [6, 6.07) is 6.86. The molecule has 33 heavy (non-hydrogen) atoms. The van der Waals surface area contributed by atoms with Crippen LogP contribution in [-0.2, 0) is 35.3 Å². The number of aromatic nitrogens is 4. The number of alkyl halides is 3. The van der Waals surface area contributed by atoms with Crippen LogP contribution in [0.4, 0.5) is 18.9 Å². The summed E-state index contributed by atoms with van der Waals surface area (Å²) in [5.74, 6) is -1.97. The van der Waals surface area contributed by atoms with Crippen LogP contribution < -0.4 is 16.6 Å². The van der Waals surface area contributed by atoms with Crippen LogP contribution in [0, 0.1) is 6.92 Å². The Labute approximate surface area is 186 Å². The molecule has 1 aromatic carbocycles. The number of rotatable bonds is 8. The summed E-state index contributed by atoms with van der Waals surface area (Å²) < 4.78 is 48.2. The van der Waals surface area contributed by atoms with E-state index in [2.05, 4.69) is 10.3 Å². The van der Waals surface area contributed by atoms with Crippen LogP contribution in [0.15, 0.2) is 33.9 Å². The fourth-order valence-electron chi connectivity index (χ4n) is 3.45. The van der Waals surface area contributed by atoms with Crippen molar-refractivity contribution in [2.24, 2.45) is 0 Å². The average molecular weight is 467 g/mol. The molecule has 12 heteroatoms. The second kappa shape index (κ2) is 9.61. The van der Waals surface area contributed by atoms with E-state index in [-0.39, 0.29) is 25.3 Å². The summed E-state index contributed by atoms with van der Waals surface area (Å²) in [6.45, 7) is 2.53. The van der Waals surface area contributed by atoms with E-state index in [1.165, 1.54) is 7.11 Å². The Bertz CT molecular complexity index is 1270. The second-order valence-corrected chi connectivity index (χ2v) is 7.49. The third-order valence-electron chi connectivity index (χ3n) is 4.97. The zero-order valence-corrected chi connectivity index (χ0v) is 18.4. The first-order chi connectivity index (χ1) is 15.6. The highest BCUT2D eigenvalue weighted by Gasteiger charge is 2.39. The van der Waals surface area contributed by atoms with Crippen molar-refractivity contribution in [3.05, 3.63) is 56.5 Å². The Kier molecular flexibility index (Phi) is 7.06. The molecule has 0 fully saturated rings. The first-order valence-corrected chi connectivity index (χ1v) is 10.2. The van der Waals surface area contributed by atoms with Crippen LogP contribution in [-0.4, -0.2) is 38.3 Å². The molecule has 0 atom stereocenters. The topological polar surface area (TPSA) is 100 Å². The Morgan fingerprint density at radius 3 is 2.33 bits per heavy atom.